The second-order valence-corrected chi connectivity index (χ2v) is 8.02. The Morgan fingerprint density at radius 2 is 1.72 bits per heavy atom. The molecule has 1 aromatic heterocycles. The highest BCUT2D eigenvalue weighted by Gasteiger charge is 2.20. The normalized spacial score (nSPS) is 11.0. The van der Waals surface area contributed by atoms with Crippen LogP contribution in [0, 0.1) is 0 Å². The van der Waals surface area contributed by atoms with Gasteiger partial charge in [-0.3, -0.25) is 9.71 Å². The van der Waals surface area contributed by atoms with Crippen molar-refractivity contribution in [2.75, 3.05) is 18.9 Å². The molecule has 3 aromatic rings. The average molecular weight is 433 g/mol. The van der Waals surface area contributed by atoms with E-state index in [-0.39, 0.29) is 21.4 Å². The van der Waals surface area contributed by atoms with E-state index in [0.29, 0.717) is 11.1 Å². The van der Waals surface area contributed by atoms with Gasteiger partial charge in [0.1, 0.15) is 10.6 Å². The molecule has 0 bridgehead atoms. The van der Waals surface area contributed by atoms with Crippen molar-refractivity contribution in [1.82, 2.24) is 4.98 Å². The molecule has 0 radical (unpaired) electrons. The van der Waals surface area contributed by atoms with E-state index < -0.39 is 16.0 Å². The first-order valence-corrected chi connectivity index (χ1v) is 10.2. The van der Waals surface area contributed by atoms with Gasteiger partial charge in [0.15, 0.2) is 0 Å². The van der Waals surface area contributed by atoms with Gasteiger partial charge in [0.25, 0.3) is 10.0 Å². The molecule has 0 aliphatic heterocycles. The number of nitrogens with zero attached hydrogens (tertiary/aromatic N) is 1. The zero-order valence-corrected chi connectivity index (χ0v) is 17.1. The zero-order valence-electron chi connectivity index (χ0n) is 15.5. The van der Waals surface area contributed by atoms with Gasteiger partial charge in [-0.1, -0.05) is 23.7 Å². The van der Waals surface area contributed by atoms with Gasteiger partial charge in [0.05, 0.1) is 31.7 Å². The van der Waals surface area contributed by atoms with Crippen molar-refractivity contribution in [3.05, 3.63) is 71.5 Å². The molecule has 0 saturated heterocycles. The van der Waals surface area contributed by atoms with Gasteiger partial charge in [-0.25, -0.2) is 13.2 Å². The van der Waals surface area contributed by atoms with Crippen molar-refractivity contribution >= 4 is 33.3 Å². The Labute approximate surface area is 173 Å². The molecule has 1 N–H and O–H groups in total. The lowest BCUT2D eigenvalue weighted by Gasteiger charge is -2.12. The molecular formula is C20H17ClN2O5S. The summed E-state index contributed by atoms with van der Waals surface area (Å²) in [5.74, 6) is -0.268. The van der Waals surface area contributed by atoms with Gasteiger partial charge < -0.3 is 9.47 Å². The maximum absolute atomic E-state index is 12.8. The van der Waals surface area contributed by atoms with Crippen LogP contribution < -0.4 is 9.46 Å². The number of hydrogen-bond acceptors (Lipinski definition) is 6. The molecule has 1 heterocycles. The summed E-state index contributed by atoms with van der Waals surface area (Å²) in [6.07, 6.45) is 2.98. The lowest BCUT2D eigenvalue weighted by atomic mass is 10.1. The third-order valence-corrected chi connectivity index (χ3v) is 5.68. The van der Waals surface area contributed by atoms with Gasteiger partial charge in [-0.15, -0.1) is 0 Å². The van der Waals surface area contributed by atoms with E-state index in [0.717, 1.165) is 5.56 Å². The molecule has 0 fully saturated rings. The second kappa shape index (κ2) is 8.50. The highest BCUT2D eigenvalue weighted by molar-refractivity contribution is 7.92. The van der Waals surface area contributed by atoms with Crippen LogP contribution in [0.15, 0.2) is 65.8 Å². The predicted octanol–water partition coefficient (Wildman–Crippen LogP) is 4.00. The van der Waals surface area contributed by atoms with Crippen LogP contribution >= 0.6 is 11.6 Å². The molecule has 29 heavy (non-hydrogen) atoms. The van der Waals surface area contributed by atoms with Crippen LogP contribution in [0.2, 0.25) is 5.02 Å². The minimum absolute atomic E-state index is 0.0830. The van der Waals surface area contributed by atoms with E-state index in [1.54, 1.807) is 42.6 Å². The van der Waals surface area contributed by atoms with Crippen LogP contribution in [-0.4, -0.2) is 33.6 Å². The predicted molar refractivity (Wildman–Crippen MR) is 110 cm³/mol. The van der Waals surface area contributed by atoms with Crippen LogP contribution in [0.5, 0.6) is 5.75 Å². The van der Waals surface area contributed by atoms with Crippen molar-refractivity contribution in [1.29, 1.82) is 0 Å². The topological polar surface area (TPSA) is 94.6 Å². The number of anilines is 1. The number of halogens is 1. The van der Waals surface area contributed by atoms with Crippen molar-refractivity contribution in [2.45, 2.75) is 4.90 Å². The molecule has 9 heteroatoms. The van der Waals surface area contributed by atoms with E-state index in [2.05, 4.69) is 14.4 Å². The Morgan fingerprint density at radius 3 is 2.38 bits per heavy atom. The number of esters is 1. The Hall–Kier alpha value is -3.10. The first kappa shape index (κ1) is 20.6. The number of benzene rings is 2. The fourth-order valence-corrected chi connectivity index (χ4v) is 4.11. The number of rotatable bonds is 6. The first-order valence-electron chi connectivity index (χ1n) is 8.34. The van der Waals surface area contributed by atoms with Crippen LogP contribution in [0.3, 0.4) is 0 Å². The molecular weight excluding hydrogens is 416 g/mol. The third-order valence-electron chi connectivity index (χ3n) is 4.04. The number of carbonyl (C=O) groups is 1. The molecule has 0 spiro atoms. The lowest BCUT2D eigenvalue weighted by Crippen LogP contribution is -2.14. The van der Waals surface area contributed by atoms with Crippen LogP contribution in [0.1, 0.15) is 10.4 Å². The average Bonchev–Trinajstić information content (AvgIpc) is 2.73. The minimum Gasteiger partial charge on any atom is -0.495 e. The van der Waals surface area contributed by atoms with E-state index >= 15 is 0 Å². The quantitative estimate of drug-likeness (QED) is 0.591. The Kier molecular flexibility index (Phi) is 6.05. The summed E-state index contributed by atoms with van der Waals surface area (Å²) in [6, 6.07) is 12.7. The number of aromatic nitrogens is 1. The van der Waals surface area contributed by atoms with Gasteiger partial charge >= 0.3 is 5.97 Å². The van der Waals surface area contributed by atoms with Crippen LogP contribution in [0.4, 0.5) is 5.69 Å². The summed E-state index contributed by atoms with van der Waals surface area (Å²) in [5.41, 5.74) is 2.10. The fourth-order valence-electron chi connectivity index (χ4n) is 2.64. The molecule has 150 valence electrons. The van der Waals surface area contributed by atoms with Gasteiger partial charge in [0, 0.05) is 16.8 Å². The number of carbonyl (C=O) groups excluding carboxylic acids is 1. The third kappa shape index (κ3) is 4.67. The Balaban J connectivity index is 1.90. The number of methoxy groups -OCH3 is 2. The smallest absolute Gasteiger partial charge is 0.337 e. The number of ether oxygens (including phenoxy) is 2. The minimum atomic E-state index is -3.96. The van der Waals surface area contributed by atoms with Crippen molar-refractivity contribution in [3.63, 3.8) is 0 Å². The van der Waals surface area contributed by atoms with E-state index in [4.69, 9.17) is 16.3 Å². The first-order chi connectivity index (χ1) is 13.8. The van der Waals surface area contributed by atoms with Gasteiger partial charge in [0.2, 0.25) is 0 Å². The monoisotopic (exact) mass is 432 g/mol. The fraction of sp³-hybridized carbons (Fsp3) is 0.100. The molecule has 0 atom stereocenters. The molecule has 0 aliphatic rings. The SMILES string of the molecule is COC(=O)c1ccc(-c2cncc(NS(=O)(=O)c3cc(Cl)ccc3OC)c2)cc1. The molecule has 0 aliphatic carbocycles. The molecule has 0 amide bonds. The Morgan fingerprint density at radius 1 is 1.00 bits per heavy atom. The van der Waals surface area contributed by atoms with Crippen molar-refractivity contribution in [2.24, 2.45) is 0 Å². The Bertz CT molecular complexity index is 1150. The zero-order chi connectivity index (χ0) is 21.0. The van der Waals surface area contributed by atoms with Crippen molar-refractivity contribution < 1.29 is 22.7 Å². The van der Waals surface area contributed by atoms with E-state index in [9.17, 15) is 13.2 Å². The summed E-state index contributed by atoms with van der Waals surface area (Å²) in [4.78, 5) is 15.6. The van der Waals surface area contributed by atoms with Gasteiger partial charge in [-0.2, -0.15) is 0 Å². The maximum atomic E-state index is 12.8. The maximum Gasteiger partial charge on any atom is 0.337 e. The van der Waals surface area contributed by atoms with E-state index in [1.807, 2.05) is 0 Å². The highest BCUT2D eigenvalue weighted by atomic mass is 35.5. The molecule has 0 saturated carbocycles. The summed E-state index contributed by atoms with van der Waals surface area (Å²) in [6.45, 7) is 0. The molecule has 7 nitrogen and oxygen atoms in total. The molecule has 0 unspecified atom stereocenters. The summed E-state index contributed by atoms with van der Waals surface area (Å²) in [5, 5.41) is 0.267. The standard InChI is InChI=1S/C20H17ClN2O5S/c1-27-18-8-7-16(21)10-19(18)29(25,26)23-17-9-15(11-22-12-17)13-3-5-14(6-4-13)20(24)28-2/h3-12,23H,1-2H3. The number of sulfonamides is 1. The summed E-state index contributed by atoms with van der Waals surface area (Å²) in [7, 11) is -1.27. The number of nitrogens with one attached hydrogen (secondary N) is 1. The summed E-state index contributed by atoms with van der Waals surface area (Å²) < 4.78 is 37.9. The van der Waals surface area contributed by atoms with Gasteiger partial charge in [-0.05, 0) is 42.0 Å². The van der Waals surface area contributed by atoms with Crippen LogP contribution in [-0.2, 0) is 14.8 Å². The molecule has 3 rings (SSSR count). The van der Waals surface area contributed by atoms with Crippen molar-refractivity contribution in [3.8, 4) is 16.9 Å². The summed E-state index contributed by atoms with van der Waals surface area (Å²) >= 11 is 5.94. The largest absolute Gasteiger partial charge is 0.495 e. The second-order valence-electron chi connectivity index (χ2n) is 5.93. The van der Waals surface area contributed by atoms with Crippen LogP contribution in [0.25, 0.3) is 11.1 Å². The number of hydrogen-bond donors (Lipinski definition) is 1. The molecule has 2 aromatic carbocycles. The highest BCUT2D eigenvalue weighted by Crippen LogP contribution is 2.29. The number of pyridine rings is 1. The lowest BCUT2D eigenvalue weighted by molar-refractivity contribution is 0.0600. The van der Waals surface area contributed by atoms with E-state index in [1.165, 1.54) is 32.5 Å².